The first-order chi connectivity index (χ1) is 15.3. The predicted molar refractivity (Wildman–Crippen MR) is 131 cm³/mol. The van der Waals surface area contributed by atoms with Crippen molar-refractivity contribution >= 4 is 5.71 Å². The van der Waals surface area contributed by atoms with Gasteiger partial charge in [0.05, 0.1) is 17.9 Å². The fourth-order valence-corrected chi connectivity index (χ4v) is 3.43. The van der Waals surface area contributed by atoms with Crippen molar-refractivity contribution in [2.75, 3.05) is 13.7 Å². The largest absolute Gasteiger partial charge is 0.491 e. The number of aryl methyl sites for hydroxylation is 2. The van der Waals surface area contributed by atoms with Crippen LogP contribution >= 0.6 is 0 Å². The molecular formula is C27H37NO4. The van der Waals surface area contributed by atoms with E-state index in [-0.39, 0.29) is 12.2 Å². The van der Waals surface area contributed by atoms with Crippen molar-refractivity contribution in [3.05, 3.63) is 65.2 Å². The van der Waals surface area contributed by atoms with E-state index in [4.69, 9.17) is 19.0 Å². The van der Waals surface area contributed by atoms with Crippen molar-refractivity contribution in [2.45, 2.75) is 66.6 Å². The summed E-state index contributed by atoms with van der Waals surface area (Å²) in [5.41, 5.74) is 3.97. The first kappa shape index (κ1) is 25.3. The van der Waals surface area contributed by atoms with Gasteiger partial charge in [-0.3, -0.25) is 0 Å². The monoisotopic (exact) mass is 439 g/mol. The number of allylic oxidation sites excluding steroid dienone is 1. The fourth-order valence-electron chi connectivity index (χ4n) is 3.43. The normalized spacial score (nSPS) is 13.7. The summed E-state index contributed by atoms with van der Waals surface area (Å²) in [4.78, 5) is 4.86. The average molecular weight is 440 g/mol. The maximum absolute atomic E-state index is 6.28. The molecule has 0 aliphatic rings. The molecule has 2 unspecified atom stereocenters. The molecule has 2 atom stereocenters. The van der Waals surface area contributed by atoms with Gasteiger partial charge in [0, 0.05) is 5.56 Å². The fraction of sp³-hybridized carbons (Fsp3) is 0.444. The van der Waals surface area contributed by atoms with Crippen LogP contribution in [0.5, 0.6) is 17.2 Å². The summed E-state index contributed by atoms with van der Waals surface area (Å²) < 4.78 is 18.2. The molecule has 0 aliphatic heterocycles. The maximum Gasteiger partial charge on any atom is 0.125 e. The quantitative estimate of drug-likeness (QED) is 0.211. The van der Waals surface area contributed by atoms with Gasteiger partial charge in [-0.15, -0.1) is 0 Å². The zero-order valence-corrected chi connectivity index (χ0v) is 20.5. The highest BCUT2D eigenvalue weighted by atomic mass is 16.6. The highest BCUT2D eigenvalue weighted by Gasteiger charge is 2.14. The Bertz CT molecular complexity index is 897. The summed E-state index contributed by atoms with van der Waals surface area (Å²) in [7, 11) is 1.55. The van der Waals surface area contributed by atoms with E-state index in [0.29, 0.717) is 6.61 Å². The molecule has 5 nitrogen and oxygen atoms in total. The first-order valence-corrected chi connectivity index (χ1v) is 11.2. The summed E-state index contributed by atoms with van der Waals surface area (Å²) >= 11 is 0. The summed E-state index contributed by atoms with van der Waals surface area (Å²) in [6, 6.07) is 12.0. The minimum absolute atomic E-state index is 0.0700. The van der Waals surface area contributed by atoms with Crippen LogP contribution in [0.2, 0.25) is 0 Å². The summed E-state index contributed by atoms with van der Waals surface area (Å²) in [5.74, 6) is 2.63. The van der Waals surface area contributed by atoms with Gasteiger partial charge in [-0.05, 0) is 89.8 Å². The van der Waals surface area contributed by atoms with E-state index in [9.17, 15) is 0 Å². The van der Waals surface area contributed by atoms with E-state index in [1.165, 1.54) is 0 Å². The van der Waals surface area contributed by atoms with Gasteiger partial charge >= 0.3 is 0 Å². The Kier molecular flexibility index (Phi) is 10.1. The molecule has 5 heteroatoms. The highest BCUT2D eigenvalue weighted by Crippen LogP contribution is 2.30. The molecule has 0 saturated heterocycles. The molecule has 0 amide bonds. The van der Waals surface area contributed by atoms with E-state index in [1.54, 1.807) is 7.11 Å². The summed E-state index contributed by atoms with van der Waals surface area (Å²) in [6.45, 7) is 12.8. The van der Waals surface area contributed by atoms with Crippen LogP contribution in [0.25, 0.3) is 0 Å². The zero-order valence-electron chi connectivity index (χ0n) is 20.5. The summed E-state index contributed by atoms with van der Waals surface area (Å²) in [5, 5.41) is 3.99. The van der Waals surface area contributed by atoms with Gasteiger partial charge in [-0.2, -0.15) is 0 Å². The van der Waals surface area contributed by atoms with Gasteiger partial charge in [0.1, 0.15) is 31.0 Å². The van der Waals surface area contributed by atoms with E-state index >= 15 is 0 Å². The van der Waals surface area contributed by atoms with Crippen molar-refractivity contribution < 1.29 is 19.0 Å². The van der Waals surface area contributed by atoms with Crippen LogP contribution in [-0.4, -0.2) is 31.6 Å². The third kappa shape index (κ3) is 7.95. The van der Waals surface area contributed by atoms with Gasteiger partial charge in [0.2, 0.25) is 0 Å². The Morgan fingerprint density at radius 1 is 0.969 bits per heavy atom. The highest BCUT2D eigenvalue weighted by molar-refractivity contribution is 5.98. The van der Waals surface area contributed by atoms with Crippen LogP contribution in [0, 0.1) is 13.8 Å². The average Bonchev–Trinajstić information content (AvgIpc) is 2.75. The van der Waals surface area contributed by atoms with Crippen LogP contribution in [0.3, 0.4) is 0 Å². The SMILES string of the molecule is C/C=C/COc1cc(C)c(OC(C)CCC(C)Oc2cccc(/C(C)=N/OC)c2)c(C)c1. The van der Waals surface area contributed by atoms with Gasteiger partial charge in [0.15, 0.2) is 0 Å². The smallest absolute Gasteiger partial charge is 0.125 e. The molecule has 0 bridgehead atoms. The summed E-state index contributed by atoms with van der Waals surface area (Å²) in [6.07, 6.45) is 5.90. The molecule has 0 N–H and O–H groups in total. The minimum atomic E-state index is 0.0700. The van der Waals surface area contributed by atoms with Crippen molar-refractivity contribution in [1.82, 2.24) is 0 Å². The Morgan fingerprint density at radius 2 is 1.62 bits per heavy atom. The standard InChI is InChI=1S/C27H37NO4/c1-8-9-15-30-26-16-19(2)27(20(3)17-26)32-22(5)14-13-21(4)31-25-12-10-11-24(18-25)23(6)28-29-7/h8-12,16-18,21-22H,13-15H2,1-7H3/b9-8+,28-23+. The lowest BCUT2D eigenvalue weighted by Crippen LogP contribution is -2.19. The molecule has 2 rings (SSSR count). The van der Waals surface area contributed by atoms with E-state index in [2.05, 4.69) is 32.9 Å². The molecule has 32 heavy (non-hydrogen) atoms. The molecule has 0 fully saturated rings. The van der Waals surface area contributed by atoms with E-state index in [1.807, 2.05) is 62.4 Å². The van der Waals surface area contributed by atoms with Gasteiger partial charge < -0.3 is 19.0 Å². The van der Waals surface area contributed by atoms with Crippen LogP contribution in [-0.2, 0) is 4.84 Å². The third-order valence-corrected chi connectivity index (χ3v) is 5.13. The Balaban J connectivity index is 1.89. The lowest BCUT2D eigenvalue weighted by atomic mass is 10.1. The van der Waals surface area contributed by atoms with E-state index in [0.717, 1.165) is 52.5 Å². The van der Waals surface area contributed by atoms with E-state index < -0.39 is 0 Å². The molecule has 0 aromatic heterocycles. The second kappa shape index (κ2) is 12.8. The molecule has 0 saturated carbocycles. The third-order valence-electron chi connectivity index (χ3n) is 5.13. The Hall–Kier alpha value is -2.95. The second-order valence-electron chi connectivity index (χ2n) is 8.09. The number of hydrogen-bond acceptors (Lipinski definition) is 5. The van der Waals surface area contributed by atoms with Crippen molar-refractivity contribution in [3.63, 3.8) is 0 Å². The molecule has 2 aromatic rings. The Morgan fingerprint density at radius 3 is 2.25 bits per heavy atom. The zero-order chi connectivity index (χ0) is 23.5. The number of rotatable bonds is 12. The van der Waals surface area contributed by atoms with Crippen LogP contribution in [0.1, 0.15) is 57.2 Å². The number of oxime groups is 1. The van der Waals surface area contributed by atoms with Crippen molar-refractivity contribution in [3.8, 4) is 17.2 Å². The predicted octanol–water partition coefficient (Wildman–Crippen LogP) is 6.64. The number of nitrogens with zero attached hydrogens (tertiary/aromatic N) is 1. The molecule has 174 valence electrons. The van der Waals surface area contributed by atoms with Gasteiger partial charge in [0.25, 0.3) is 0 Å². The molecule has 0 spiro atoms. The topological polar surface area (TPSA) is 49.3 Å². The molecule has 2 aromatic carbocycles. The van der Waals surface area contributed by atoms with Crippen molar-refractivity contribution in [2.24, 2.45) is 5.16 Å². The van der Waals surface area contributed by atoms with Crippen molar-refractivity contribution in [1.29, 1.82) is 0 Å². The molecular weight excluding hydrogens is 402 g/mol. The van der Waals surface area contributed by atoms with Crippen LogP contribution in [0.15, 0.2) is 53.7 Å². The number of hydrogen-bond donors (Lipinski definition) is 0. The Labute approximate surface area is 193 Å². The van der Waals surface area contributed by atoms with Gasteiger partial charge in [-0.25, -0.2) is 0 Å². The second-order valence-corrected chi connectivity index (χ2v) is 8.09. The minimum Gasteiger partial charge on any atom is -0.491 e. The molecule has 0 heterocycles. The van der Waals surface area contributed by atoms with Gasteiger partial charge in [-0.1, -0.05) is 29.4 Å². The van der Waals surface area contributed by atoms with Crippen LogP contribution < -0.4 is 14.2 Å². The first-order valence-electron chi connectivity index (χ1n) is 11.2. The molecule has 0 radical (unpaired) electrons. The number of ether oxygens (including phenoxy) is 3. The molecule has 0 aliphatic carbocycles. The maximum atomic E-state index is 6.28. The lowest BCUT2D eigenvalue weighted by Gasteiger charge is -2.21. The number of benzene rings is 2. The van der Waals surface area contributed by atoms with Crippen LogP contribution in [0.4, 0.5) is 0 Å². The lowest BCUT2D eigenvalue weighted by molar-refractivity contribution is 0.159.